The Balaban J connectivity index is 2.17. The number of methoxy groups -OCH3 is 1. The third-order valence-corrected chi connectivity index (χ3v) is 5.64. The number of ether oxygens (including phenoxy) is 1. The Bertz CT molecular complexity index is 576. The number of sulfonamides is 1. The van der Waals surface area contributed by atoms with E-state index in [4.69, 9.17) is 16.3 Å². The van der Waals surface area contributed by atoms with E-state index in [1.165, 1.54) is 13.2 Å². The molecule has 1 fully saturated rings. The maximum absolute atomic E-state index is 12.3. The van der Waals surface area contributed by atoms with E-state index in [2.05, 4.69) is 4.72 Å². The maximum atomic E-state index is 12.3. The predicted molar refractivity (Wildman–Crippen MR) is 78.8 cm³/mol. The minimum absolute atomic E-state index is 0.330. The summed E-state index contributed by atoms with van der Waals surface area (Å²) in [5.74, 6) is 0.479. The molecule has 112 valence electrons. The second-order valence-electron chi connectivity index (χ2n) is 4.89. The lowest BCUT2D eigenvalue weighted by molar-refractivity contribution is 0.133. The van der Waals surface area contributed by atoms with Crippen LogP contribution in [0.3, 0.4) is 0 Å². The van der Waals surface area contributed by atoms with Crippen molar-refractivity contribution < 1.29 is 18.3 Å². The maximum Gasteiger partial charge on any atom is 0.238 e. The molecule has 20 heavy (non-hydrogen) atoms. The summed E-state index contributed by atoms with van der Waals surface area (Å²) in [4.78, 5) is 0. The zero-order chi connectivity index (χ0) is 14.8. The van der Waals surface area contributed by atoms with Crippen molar-refractivity contribution in [3.8, 4) is 5.75 Å². The Hall–Kier alpha value is -0.980. The molecule has 0 amide bonds. The topological polar surface area (TPSA) is 75.6 Å². The summed E-state index contributed by atoms with van der Waals surface area (Å²) in [7, 11) is -2.13. The number of benzene rings is 1. The number of halogens is 1. The van der Waals surface area contributed by atoms with Crippen molar-refractivity contribution in [1.29, 1.82) is 0 Å². The summed E-state index contributed by atoms with van der Waals surface area (Å²) in [5, 5.41) is 9.42. The van der Waals surface area contributed by atoms with E-state index in [9.17, 15) is 13.5 Å². The molecule has 1 saturated carbocycles. The molecular weight excluding hydrogens is 302 g/mol. The fourth-order valence-electron chi connectivity index (χ4n) is 2.41. The number of rotatable bonds is 4. The van der Waals surface area contributed by atoms with Crippen LogP contribution < -0.4 is 9.46 Å². The Morgan fingerprint density at radius 3 is 2.65 bits per heavy atom. The molecule has 7 heteroatoms. The smallest absolute Gasteiger partial charge is 0.238 e. The van der Waals surface area contributed by atoms with Crippen LogP contribution in [0.5, 0.6) is 5.75 Å². The highest BCUT2D eigenvalue weighted by molar-refractivity contribution is 7.93. The molecule has 0 bridgehead atoms. The van der Waals surface area contributed by atoms with Crippen LogP contribution in [0.2, 0.25) is 5.02 Å². The van der Waals surface area contributed by atoms with Crippen molar-refractivity contribution in [2.75, 3.05) is 11.8 Å². The van der Waals surface area contributed by atoms with Gasteiger partial charge in [-0.2, -0.15) is 0 Å². The first-order valence-electron chi connectivity index (χ1n) is 6.47. The number of aliphatic hydroxyl groups excluding tert-OH is 1. The number of anilines is 1. The Labute approximate surface area is 124 Å². The summed E-state index contributed by atoms with van der Waals surface area (Å²) in [6.07, 6.45) is 1.86. The molecule has 1 aliphatic carbocycles. The van der Waals surface area contributed by atoms with Crippen LogP contribution in [-0.2, 0) is 10.0 Å². The highest BCUT2D eigenvalue weighted by Crippen LogP contribution is 2.30. The van der Waals surface area contributed by atoms with E-state index < -0.39 is 21.4 Å². The summed E-state index contributed by atoms with van der Waals surface area (Å²) in [5.41, 5.74) is 0.369. The number of hydrogen-bond acceptors (Lipinski definition) is 4. The Morgan fingerprint density at radius 2 is 2.05 bits per heavy atom. The van der Waals surface area contributed by atoms with E-state index in [0.717, 1.165) is 12.8 Å². The van der Waals surface area contributed by atoms with Gasteiger partial charge >= 0.3 is 0 Å². The first-order chi connectivity index (χ1) is 9.44. The van der Waals surface area contributed by atoms with Crippen molar-refractivity contribution >= 4 is 27.3 Å². The first-order valence-corrected chi connectivity index (χ1v) is 8.39. The minimum Gasteiger partial charge on any atom is -0.495 e. The van der Waals surface area contributed by atoms with Crippen LogP contribution in [0.4, 0.5) is 5.69 Å². The lowest BCUT2D eigenvalue weighted by atomic mass is 9.97. The molecule has 2 N–H and O–H groups in total. The Kier molecular flexibility index (Phi) is 4.78. The van der Waals surface area contributed by atoms with Crippen LogP contribution in [-0.4, -0.2) is 32.0 Å². The second kappa shape index (κ2) is 6.20. The molecule has 1 aromatic carbocycles. The molecule has 2 rings (SSSR count). The minimum atomic E-state index is -3.62. The number of hydrogen-bond donors (Lipinski definition) is 2. The standard InChI is InChI=1S/C13H18ClNO4S/c1-19-12-7-6-9(8-10(12)14)15-20(17,18)13-5-3-2-4-11(13)16/h6-8,11,13,15-16H,2-5H2,1H3. The fourth-order valence-corrected chi connectivity index (χ4v) is 4.30. The van der Waals surface area contributed by atoms with E-state index in [1.54, 1.807) is 12.1 Å². The van der Waals surface area contributed by atoms with Crippen LogP contribution in [0, 0.1) is 0 Å². The van der Waals surface area contributed by atoms with Crippen molar-refractivity contribution in [3.05, 3.63) is 23.2 Å². The van der Waals surface area contributed by atoms with Crippen LogP contribution in [0.1, 0.15) is 25.7 Å². The van der Waals surface area contributed by atoms with E-state index in [-0.39, 0.29) is 0 Å². The molecule has 2 unspecified atom stereocenters. The third kappa shape index (κ3) is 3.37. The molecule has 0 radical (unpaired) electrons. The zero-order valence-corrected chi connectivity index (χ0v) is 12.7. The molecule has 0 spiro atoms. The quantitative estimate of drug-likeness (QED) is 0.893. The predicted octanol–water partition coefficient (Wildman–Crippen LogP) is 2.39. The lowest BCUT2D eigenvalue weighted by Gasteiger charge is -2.27. The van der Waals surface area contributed by atoms with Gasteiger partial charge in [0.1, 0.15) is 11.0 Å². The van der Waals surface area contributed by atoms with Gasteiger partial charge in [-0.15, -0.1) is 0 Å². The van der Waals surface area contributed by atoms with Crippen LogP contribution >= 0.6 is 11.6 Å². The van der Waals surface area contributed by atoms with Gasteiger partial charge in [0, 0.05) is 0 Å². The van der Waals surface area contributed by atoms with E-state index >= 15 is 0 Å². The molecule has 5 nitrogen and oxygen atoms in total. The number of aliphatic hydroxyl groups is 1. The summed E-state index contributed by atoms with van der Waals surface area (Å²) >= 11 is 5.96. The summed E-state index contributed by atoms with van der Waals surface area (Å²) < 4.78 is 32.1. The fraction of sp³-hybridized carbons (Fsp3) is 0.538. The highest BCUT2D eigenvalue weighted by atomic mass is 35.5. The van der Waals surface area contributed by atoms with Crippen LogP contribution in [0.25, 0.3) is 0 Å². The van der Waals surface area contributed by atoms with Gasteiger partial charge in [0.2, 0.25) is 10.0 Å². The van der Waals surface area contributed by atoms with E-state index in [0.29, 0.717) is 29.3 Å². The molecule has 0 aliphatic heterocycles. The van der Waals surface area contributed by atoms with Gasteiger partial charge in [-0.3, -0.25) is 4.72 Å². The van der Waals surface area contributed by atoms with Crippen molar-refractivity contribution in [2.45, 2.75) is 37.0 Å². The largest absolute Gasteiger partial charge is 0.495 e. The highest BCUT2D eigenvalue weighted by Gasteiger charge is 2.34. The normalized spacial score (nSPS) is 23.4. The lowest BCUT2D eigenvalue weighted by Crippen LogP contribution is -2.40. The molecular formula is C13H18ClNO4S. The van der Waals surface area contributed by atoms with Gasteiger partial charge in [-0.1, -0.05) is 24.4 Å². The van der Waals surface area contributed by atoms with Gasteiger partial charge in [0.05, 0.1) is 23.9 Å². The summed E-state index contributed by atoms with van der Waals surface area (Å²) in [6.45, 7) is 0. The Morgan fingerprint density at radius 1 is 1.35 bits per heavy atom. The second-order valence-corrected chi connectivity index (χ2v) is 7.19. The van der Waals surface area contributed by atoms with Gasteiger partial charge in [-0.25, -0.2) is 8.42 Å². The average Bonchev–Trinajstić information content (AvgIpc) is 2.38. The van der Waals surface area contributed by atoms with Crippen molar-refractivity contribution in [3.63, 3.8) is 0 Å². The van der Waals surface area contributed by atoms with Crippen LogP contribution in [0.15, 0.2) is 18.2 Å². The summed E-state index contributed by atoms with van der Waals surface area (Å²) in [6, 6.07) is 4.67. The molecule has 2 atom stereocenters. The molecule has 0 aromatic heterocycles. The van der Waals surface area contributed by atoms with E-state index in [1.807, 2.05) is 0 Å². The molecule has 1 aromatic rings. The zero-order valence-electron chi connectivity index (χ0n) is 11.2. The number of nitrogens with one attached hydrogen (secondary N) is 1. The first kappa shape index (κ1) is 15.4. The van der Waals surface area contributed by atoms with Crippen molar-refractivity contribution in [2.24, 2.45) is 0 Å². The molecule has 1 aliphatic rings. The molecule has 0 saturated heterocycles. The van der Waals surface area contributed by atoms with Gasteiger partial charge in [-0.05, 0) is 31.0 Å². The molecule has 0 heterocycles. The van der Waals surface area contributed by atoms with Gasteiger partial charge in [0.15, 0.2) is 0 Å². The van der Waals surface area contributed by atoms with Gasteiger partial charge < -0.3 is 9.84 Å². The average molecular weight is 320 g/mol. The van der Waals surface area contributed by atoms with Gasteiger partial charge in [0.25, 0.3) is 0 Å². The SMILES string of the molecule is COc1ccc(NS(=O)(=O)C2CCCCC2O)cc1Cl. The third-order valence-electron chi connectivity index (χ3n) is 3.48. The monoisotopic (exact) mass is 319 g/mol. The van der Waals surface area contributed by atoms with Crippen molar-refractivity contribution in [1.82, 2.24) is 0 Å².